The molecule has 0 fully saturated rings. The van der Waals surface area contributed by atoms with Gasteiger partial charge in [-0.1, -0.05) is 38.0 Å². The summed E-state index contributed by atoms with van der Waals surface area (Å²) >= 11 is 0. The number of benzene rings is 1. The topological polar surface area (TPSA) is 57.6 Å². The number of nitrogens with one attached hydrogen (secondary N) is 1. The van der Waals surface area contributed by atoms with Crippen molar-refractivity contribution in [1.29, 1.82) is 0 Å². The van der Waals surface area contributed by atoms with E-state index < -0.39 is 12.1 Å². The summed E-state index contributed by atoms with van der Waals surface area (Å²) in [6.45, 7) is 2.03. The molecule has 1 aliphatic rings. The highest BCUT2D eigenvalue weighted by molar-refractivity contribution is 6.12. The second-order valence-electron chi connectivity index (χ2n) is 5.77. The maximum absolute atomic E-state index is 13.1. The number of para-hydroxylation sites is 1. The Hall–Kier alpha value is -2.64. The van der Waals surface area contributed by atoms with Gasteiger partial charge in [0.2, 0.25) is 0 Å². The first-order chi connectivity index (χ1) is 11.9. The van der Waals surface area contributed by atoms with Crippen molar-refractivity contribution in [2.24, 2.45) is 4.99 Å². The van der Waals surface area contributed by atoms with E-state index in [1.54, 1.807) is 24.3 Å². The van der Waals surface area contributed by atoms with Crippen LogP contribution in [-0.4, -0.2) is 22.9 Å². The van der Waals surface area contributed by atoms with Gasteiger partial charge in [-0.05, 0) is 12.5 Å². The molecule has 1 aliphatic heterocycles. The second kappa shape index (κ2) is 6.70. The lowest BCUT2D eigenvalue weighted by Gasteiger charge is -2.31. The van der Waals surface area contributed by atoms with Crippen LogP contribution in [0.3, 0.4) is 0 Å². The summed E-state index contributed by atoms with van der Waals surface area (Å²) in [7, 11) is 0. The van der Waals surface area contributed by atoms with Gasteiger partial charge in [-0.25, -0.2) is 10.0 Å². The van der Waals surface area contributed by atoms with Crippen LogP contribution in [0, 0.1) is 0 Å². The van der Waals surface area contributed by atoms with Crippen LogP contribution in [0.2, 0.25) is 0 Å². The normalized spacial score (nSPS) is 14.1. The fourth-order valence-electron chi connectivity index (χ4n) is 2.72. The van der Waals surface area contributed by atoms with Crippen LogP contribution >= 0.6 is 0 Å². The van der Waals surface area contributed by atoms with Crippen molar-refractivity contribution < 1.29 is 18.0 Å². The van der Waals surface area contributed by atoms with Gasteiger partial charge in [-0.3, -0.25) is 15.2 Å². The number of fused-ring (bicyclic) bond motifs is 3. The zero-order valence-electron chi connectivity index (χ0n) is 13.6. The number of nitrogens with zero attached hydrogens (tertiary/aromatic N) is 3. The molecule has 8 heteroatoms. The average Bonchev–Trinajstić information content (AvgIpc) is 2.59. The molecule has 0 saturated carbocycles. The minimum Gasteiger partial charge on any atom is -0.278 e. The van der Waals surface area contributed by atoms with E-state index in [9.17, 15) is 18.0 Å². The second-order valence-corrected chi connectivity index (χ2v) is 5.77. The molecule has 1 aromatic heterocycles. The van der Waals surface area contributed by atoms with Gasteiger partial charge in [0, 0.05) is 11.8 Å². The van der Waals surface area contributed by atoms with Gasteiger partial charge in [-0.15, -0.1) is 0 Å². The van der Waals surface area contributed by atoms with Crippen molar-refractivity contribution in [1.82, 2.24) is 10.4 Å². The molecule has 1 aromatic carbocycles. The van der Waals surface area contributed by atoms with Gasteiger partial charge < -0.3 is 0 Å². The molecule has 1 N–H and O–H groups in total. The van der Waals surface area contributed by atoms with Crippen LogP contribution in [0.5, 0.6) is 0 Å². The van der Waals surface area contributed by atoms with E-state index in [1.165, 1.54) is 6.20 Å². The number of carbonyl (C=O) groups excluding carboxylic acids is 1. The van der Waals surface area contributed by atoms with Crippen molar-refractivity contribution in [2.45, 2.75) is 38.8 Å². The number of amidine groups is 1. The smallest absolute Gasteiger partial charge is 0.278 e. The third-order valence-electron chi connectivity index (χ3n) is 3.91. The van der Waals surface area contributed by atoms with Crippen molar-refractivity contribution >= 4 is 34.0 Å². The number of hydrazine groups is 1. The summed E-state index contributed by atoms with van der Waals surface area (Å²) in [4.78, 5) is 20.6. The number of halogens is 3. The fourth-order valence-corrected chi connectivity index (χ4v) is 2.72. The van der Waals surface area contributed by atoms with E-state index in [1.807, 2.05) is 6.92 Å². The number of alkyl halides is 3. The van der Waals surface area contributed by atoms with Gasteiger partial charge in [0.05, 0.1) is 11.7 Å². The first-order valence-electron chi connectivity index (χ1n) is 8.05. The number of aromatic nitrogens is 1. The summed E-state index contributed by atoms with van der Waals surface area (Å²) in [5, 5.41) is 0.981. The molecular formula is C17H17F3N4O. The van der Waals surface area contributed by atoms with Crippen LogP contribution in [0.4, 0.5) is 24.5 Å². The zero-order valence-corrected chi connectivity index (χ0v) is 13.6. The predicted octanol–water partition coefficient (Wildman–Crippen LogP) is 4.26. The highest BCUT2D eigenvalue weighted by Gasteiger charge is 2.45. The number of aliphatic imine (C=N–C) groups is 1. The third kappa shape index (κ3) is 3.42. The van der Waals surface area contributed by atoms with Crippen LogP contribution in [0.25, 0.3) is 10.9 Å². The van der Waals surface area contributed by atoms with E-state index in [0.717, 1.165) is 19.3 Å². The Morgan fingerprint density at radius 1 is 1.24 bits per heavy atom. The maximum Gasteiger partial charge on any atom is 0.473 e. The van der Waals surface area contributed by atoms with Crippen LogP contribution in [0.1, 0.15) is 32.6 Å². The SMILES string of the molecule is CCCCCC1=Nc2cnc3ccccc3c2N(C(=O)C(F)(F)F)N1. The minimum absolute atomic E-state index is 0.0761. The van der Waals surface area contributed by atoms with Gasteiger partial charge in [0.1, 0.15) is 17.2 Å². The Kier molecular flexibility index (Phi) is 4.61. The highest BCUT2D eigenvalue weighted by Crippen LogP contribution is 2.38. The van der Waals surface area contributed by atoms with E-state index >= 15 is 0 Å². The number of unbranched alkanes of at least 4 members (excludes halogenated alkanes) is 2. The van der Waals surface area contributed by atoms with Crippen molar-refractivity contribution in [3.05, 3.63) is 30.5 Å². The Labute approximate surface area is 142 Å². The summed E-state index contributed by atoms with van der Waals surface area (Å²) in [6.07, 6.45) is -0.470. The molecule has 2 aromatic rings. The van der Waals surface area contributed by atoms with Crippen molar-refractivity contribution in [2.75, 3.05) is 5.01 Å². The predicted molar refractivity (Wildman–Crippen MR) is 89.7 cm³/mol. The molecule has 1 amide bonds. The van der Waals surface area contributed by atoms with Crippen molar-refractivity contribution in [3.8, 4) is 0 Å². The Balaban J connectivity index is 2.09. The fraction of sp³-hybridized carbons (Fsp3) is 0.353. The first-order valence-corrected chi connectivity index (χ1v) is 8.05. The number of anilines is 1. The van der Waals surface area contributed by atoms with Crippen LogP contribution < -0.4 is 10.4 Å². The van der Waals surface area contributed by atoms with Gasteiger partial charge in [0.25, 0.3) is 0 Å². The molecule has 5 nitrogen and oxygen atoms in total. The number of carbonyl (C=O) groups is 1. The van der Waals surface area contributed by atoms with Crippen LogP contribution in [0.15, 0.2) is 35.5 Å². The lowest BCUT2D eigenvalue weighted by Crippen LogP contribution is -2.53. The summed E-state index contributed by atoms with van der Waals surface area (Å²) in [5.41, 5.74) is 3.37. The summed E-state index contributed by atoms with van der Waals surface area (Å²) in [5.74, 6) is -1.65. The Morgan fingerprint density at radius 3 is 2.72 bits per heavy atom. The highest BCUT2D eigenvalue weighted by atomic mass is 19.4. The monoisotopic (exact) mass is 350 g/mol. The summed E-state index contributed by atoms with van der Waals surface area (Å²) < 4.78 is 39.2. The van der Waals surface area contributed by atoms with E-state index in [4.69, 9.17) is 0 Å². The lowest BCUT2D eigenvalue weighted by molar-refractivity contribution is -0.170. The van der Waals surface area contributed by atoms with Gasteiger partial charge in [0.15, 0.2) is 0 Å². The zero-order chi connectivity index (χ0) is 18.0. The molecule has 0 bridgehead atoms. The number of pyridine rings is 1. The quantitative estimate of drug-likeness (QED) is 0.839. The molecule has 3 rings (SSSR count). The largest absolute Gasteiger partial charge is 0.473 e. The molecular weight excluding hydrogens is 333 g/mol. The van der Waals surface area contributed by atoms with Crippen molar-refractivity contribution in [3.63, 3.8) is 0 Å². The van der Waals surface area contributed by atoms with E-state index in [-0.39, 0.29) is 11.4 Å². The van der Waals surface area contributed by atoms with E-state index in [0.29, 0.717) is 28.2 Å². The first kappa shape index (κ1) is 17.2. The number of hydrogen-bond donors (Lipinski definition) is 1. The molecule has 0 radical (unpaired) electrons. The van der Waals surface area contributed by atoms with Crippen LogP contribution in [-0.2, 0) is 4.79 Å². The molecule has 0 aliphatic carbocycles. The molecule has 2 heterocycles. The molecule has 0 saturated heterocycles. The average molecular weight is 350 g/mol. The molecule has 25 heavy (non-hydrogen) atoms. The molecule has 0 atom stereocenters. The number of rotatable bonds is 4. The third-order valence-corrected chi connectivity index (χ3v) is 3.91. The standard InChI is InChI=1S/C17H17F3N4O/c1-2-3-4-9-14-22-13-10-21-12-8-6-5-7-11(12)15(13)24(23-14)16(25)17(18,19)20/h5-8,10H,2-4,9H2,1H3,(H,22,23). The lowest BCUT2D eigenvalue weighted by atomic mass is 10.1. The van der Waals surface area contributed by atoms with Gasteiger partial charge >= 0.3 is 12.1 Å². The number of hydrogen-bond acceptors (Lipinski definition) is 4. The van der Waals surface area contributed by atoms with E-state index in [2.05, 4.69) is 15.4 Å². The molecule has 0 spiro atoms. The van der Waals surface area contributed by atoms with Gasteiger partial charge in [-0.2, -0.15) is 13.2 Å². The number of amides is 1. The summed E-state index contributed by atoms with van der Waals surface area (Å²) in [6, 6.07) is 6.71. The minimum atomic E-state index is -5.00. The maximum atomic E-state index is 13.1. The molecule has 132 valence electrons. The Morgan fingerprint density at radius 2 is 2.00 bits per heavy atom. The Bertz CT molecular complexity index is 832. The molecule has 0 unspecified atom stereocenters.